The highest BCUT2D eigenvalue weighted by Gasteiger charge is 2.29. The normalized spacial score (nSPS) is 25.1. The first-order valence-electron chi connectivity index (χ1n) is 5.22. The molecule has 0 radical (unpaired) electrons. The van der Waals surface area contributed by atoms with Crippen molar-refractivity contribution in [2.45, 2.75) is 18.8 Å². The molecule has 0 amide bonds. The predicted molar refractivity (Wildman–Crippen MR) is 58.7 cm³/mol. The van der Waals surface area contributed by atoms with Crippen molar-refractivity contribution >= 4 is 5.97 Å². The molecule has 78 valence electrons. The molecular weight excluding hydrogens is 188 g/mol. The first kappa shape index (κ1) is 9.97. The second-order valence-electron chi connectivity index (χ2n) is 3.90. The number of aliphatic carboxylic acids is 1. The molecule has 1 aliphatic carbocycles. The van der Waals surface area contributed by atoms with Crippen molar-refractivity contribution in [3.05, 3.63) is 48.0 Å². The van der Waals surface area contributed by atoms with Crippen molar-refractivity contribution in [1.29, 1.82) is 0 Å². The summed E-state index contributed by atoms with van der Waals surface area (Å²) >= 11 is 0. The second kappa shape index (κ2) is 4.30. The maximum absolute atomic E-state index is 11.1. The van der Waals surface area contributed by atoms with Crippen LogP contribution in [0.1, 0.15) is 24.3 Å². The van der Waals surface area contributed by atoms with E-state index < -0.39 is 5.97 Å². The zero-order valence-corrected chi connectivity index (χ0v) is 8.47. The van der Waals surface area contributed by atoms with E-state index in [1.54, 1.807) is 0 Å². The van der Waals surface area contributed by atoms with Gasteiger partial charge in [0.05, 0.1) is 5.92 Å². The minimum absolute atomic E-state index is 0.133. The molecule has 1 N–H and O–H groups in total. The van der Waals surface area contributed by atoms with Gasteiger partial charge in [-0.3, -0.25) is 4.79 Å². The van der Waals surface area contributed by atoms with Crippen LogP contribution in [0.15, 0.2) is 42.5 Å². The van der Waals surface area contributed by atoms with Gasteiger partial charge in [0, 0.05) is 5.92 Å². The molecule has 0 aromatic heterocycles. The maximum atomic E-state index is 11.1. The molecule has 2 atom stereocenters. The molecule has 0 fully saturated rings. The smallest absolute Gasteiger partial charge is 0.307 e. The Morgan fingerprint density at radius 2 is 1.80 bits per heavy atom. The van der Waals surface area contributed by atoms with Crippen LogP contribution < -0.4 is 0 Å². The summed E-state index contributed by atoms with van der Waals surface area (Å²) in [5.41, 5.74) is 1.13. The Balaban J connectivity index is 2.27. The molecule has 0 saturated carbocycles. The van der Waals surface area contributed by atoms with Gasteiger partial charge < -0.3 is 5.11 Å². The summed E-state index contributed by atoms with van der Waals surface area (Å²) in [6, 6.07) is 9.91. The Labute approximate surface area is 89.2 Å². The maximum Gasteiger partial charge on any atom is 0.307 e. The fraction of sp³-hybridized carbons (Fsp3) is 0.308. The first-order valence-corrected chi connectivity index (χ1v) is 5.22. The molecule has 2 nitrogen and oxygen atoms in total. The summed E-state index contributed by atoms with van der Waals surface area (Å²) in [7, 11) is 0. The van der Waals surface area contributed by atoms with E-state index in [-0.39, 0.29) is 11.8 Å². The average Bonchev–Trinajstić information content (AvgIpc) is 2.30. The molecule has 1 aromatic carbocycles. The fourth-order valence-electron chi connectivity index (χ4n) is 2.16. The summed E-state index contributed by atoms with van der Waals surface area (Å²) in [5, 5.41) is 9.14. The van der Waals surface area contributed by atoms with Crippen LogP contribution in [-0.4, -0.2) is 11.1 Å². The van der Waals surface area contributed by atoms with Gasteiger partial charge in [0.1, 0.15) is 0 Å². The van der Waals surface area contributed by atoms with E-state index in [2.05, 4.69) is 6.08 Å². The molecule has 1 aliphatic rings. The summed E-state index contributed by atoms with van der Waals surface area (Å²) in [4.78, 5) is 11.1. The van der Waals surface area contributed by atoms with E-state index in [9.17, 15) is 4.79 Å². The minimum Gasteiger partial charge on any atom is -0.481 e. The lowest BCUT2D eigenvalue weighted by molar-refractivity contribution is -0.142. The standard InChI is InChI=1S/C13H14O2/c14-13(15)12-9-5-4-8-11(12)10-6-2-1-3-7-10/h1-7,11-12H,8-9H2,(H,14,15). The second-order valence-corrected chi connectivity index (χ2v) is 3.90. The third-order valence-electron chi connectivity index (χ3n) is 2.98. The average molecular weight is 202 g/mol. The Hall–Kier alpha value is -1.57. The van der Waals surface area contributed by atoms with Crippen molar-refractivity contribution in [3.8, 4) is 0 Å². The van der Waals surface area contributed by atoms with Crippen LogP contribution in [0.2, 0.25) is 0 Å². The quantitative estimate of drug-likeness (QED) is 0.749. The van der Waals surface area contributed by atoms with Gasteiger partial charge in [0.15, 0.2) is 0 Å². The van der Waals surface area contributed by atoms with Gasteiger partial charge in [-0.05, 0) is 18.4 Å². The van der Waals surface area contributed by atoms with E-state index in [1.165, 1.54) is 0 Å². The van der Waals surface area contributed by atoms with Crippen LogP contribution in [0.4, 0.5) is 0 Å². The van der Waals surface area contributed by atoms with E-state index in [1.807, 2.05) is 36.4 Å². The van der Waals surface area contributed by atoms with Crippen LogP contribution in [0.5, 0.6) is 0 Å². The molecule has 0 heterocycles. The number of hydrogen-bond donors (Lipinski definition) is 1. The number of benzene rings is 1. The van der Waals surface area contributed by atoms with Crippen LogP contribution in [0, 0.1) is 5.92 Å². The zero-order chi connectivity index (χ0) is 10.7. The summed E-state index contributed by atoms with van der Waals surface area (Å²) in [6.45, 7) is 0. The van der Waals surface area contributed by atoms with E-state index in [0.29, 0.717) is 6.42 Å². The highest BCUT2D eigenvalue weighted by molar-refractivity contribution is 5.72. The van der Waals surface area contributed by atoms with Crippen LogP contribution in [-0.2, 0) is 4.79 Å². The molecule has 2 heteroatoms. The SMILES string of the molecule is O=C(O)C1CC=CCC1c1ccccc1. The molecule has 1 aromatic rings. The molecule has 0 bridgehead atoms. The molecule has 15 heavy (non-hydrogen) atoms. The van der Waals surface area contributed by atoms with E-state index in [0.717, 1.165) is 12.0 Å². The van der Waals surface area contributed by atoms with Gasteiger partial charge in [0.2, 0.25) is 0 Å². The van der Waals surface area contributed by atoms with E-state index in [4.69, 9.17) is 5.11 Å². The third kappa shape index (κ3) is 2.09. The number of hydrogen-bond acceptors (Lipinski definition) is 1. The highest BCUT2D eigenvalue weighted by Crippen LogP contribution is 2.34. The van der Waals surface area contributed by atoms with Crippen LogP contribution in [0.25, 0.3) is 0 Å². The van der Waals surface area contributed by atoms with Gasteiger partial charge in [0.25, 0.3) is 0 Å². The molecule has 0 spiro atoms. The molecular formula is C13H14O2. The Morgan fingerprint density at radius 3 is 2.47 bits per heavy atom. The summed E-state index contributed by atoms with van der Waals surface area (Å²) < 4.78 is 0. The lowest BCUT2D eigenvalue weighted by atomic mass is 9.79. The minimum atomic E-state index is -0.687. The highest BCUT2D eigenvalue weighted by atomic mass is 16.4. The lowest BCUT2D eigenvalue weighted by Gasteiger charge is -2.25. The zero-order valence-electron chi connectivity index (χ0n) is 8.47. The monoisotopic (exact) mass is 202 g/mol. The van der Waals surface area contributed by atoms with Gasteiger partial charge in [-0.1, -0.05) is 42.5 Å². The summed E-state index contributed by atoms with van der Waals surface area (Å²) in [5.74, 6) is -0.820. The molecule has 0 saturated heterocycles. The number of allylic oxidation sites excluding steroid dienone is 2. The lowest BCUT2D eigenvalue weighted by Crippen LogP contribution is -2.23. The molecule has 2 unspecified atom stereocenters. The van der Waals surface area contributed by atoms with Crippen molar-refractivity contribution in [1.82, 2.24) is 0 Å². The van der Waals surface area contributed by atoms with Gasteiger partial charge in [-0.25, -0.2) is 0 Å². The first-order chi connectivity index (χ1) is 7.29. The molecule has 0 aliphatic heterocycles. The van der Waals surface area contributed by atoms with Crippen molar-refractivity contribution in [2.24, 2.45) is 5.92 Å². The number of carboxylic acids is 1. The van der Waals surface area contributed by atoms with Gasteiger partial charge in [-0.15, -0.1) is 0 Å². The van der Waals surface area contributed by atoms with Gasteiger partial charge in [-0.2, -0.15) is 0 Å². The predicted octanol–water partition coefficient (Wildman–Crippen LogP) is 2.82. The third-order valence-corrected chi connectivity index (χ3v) is 2.98. The molecule has 2 rings (SSSR count). The number of rotatable bonds is 2. The Kier molecular flexibility index (Phi) is 2.86. The van der Waals surface area contributed by atoms with Crippen molar-refractivity contribution in [2.75, 3.05) is 0 Å². The van der Waals surface area contributed by atoms with Crippen LogP contribution in [0.3, 0.4) is 0 Å². The van der Waals surface area contributed by atoms with E-state index >= 15 is 0 Å². The fourth-order valence-corrected chi connectivity index (χ4v) is 2.16. The summed E-state index contributed by atoms with van der Waals surface area (Å²) in [6.07, 6.45) is 5.53. The number of carboxylic acid groups (broad SMARTS) is 1. The number of carbonyl (C=O) groups is 1. The van der Waals surface area contributed by atoms with Crippen LogP contribution >= 0.6 is 0 Å². The van der Waals surface area contributed by atoms with Crippen molar-refractivity contribution in [3.63, 3.8) is 0 Å². The largest absolute Gasteiger partial charge is 0.481 e. The van der Waals surface area contributed by atoms with Crippen molar-refractivity contribution < 1.29 is 9.90 Å². The van der Waals surface area contributed by atoms with Gasteiger partial charge >= 0.3 is 5.97 Å². The Bertz CT molecular complexity index is 367. The topological polar surface area (TPSA) is 37.3 Å². The Morgan fingerprint density at radius 1 is 1.13 bits per heavy atom.